The van der Waals surface area contributed by atoms with Gasteiger partial charge in [0.2, 0.25) is 0 Å². The van der Waals surface area contributed by atoms with E-state index in [4.69, 9.17) is 0 Å². The fourth-order valence-electron chi connectivity index (χ4n) is 1.95. The molecule has 2 N–H and O–H groups in total. The van der Waals surface area contributed by atoms with Gasteiger partial charge in [-0.3, -0.25) is 4.79 Å². The minimum atomic E-state index is -0.369. The molecule has 0 bridgehead atoms. The van der Waals surface area contributed by atoms with E-state index < -0.39 is 0 Å². The number of aromatic amines is 1. The average Bonchev–Trinajstić information content (AvgIpc) is 2.86. The number of benzene rings is 1. The molecule has 0 saturated carbocycles. The summed E-state index contributed by atoms with van der Waals surface area (Å²) in [5, 5.41) is 2.69. The number of amides is 1. The maximum absolute atomic E-state index is 13.2. The van der Waals surface area contributed by atoms with Gasteiger partial charge in [0.25, 0.3) is 5.91 Å². The summed E-state index contributed by atoms with van der Waals surface area (Å²) in [6, 6.07) is 4.21. The average molecular weight is 243 g/mol. The van der Waals surface area contributed by atoms with Crippen LogP contribution in [0.2, 0.25) is 0 Å². The fourth-order valence-corrected chi connectivity index (χ4v) is 1.95. The maximum Gasteiger partial charge on any atom is 0.256 e. The van der Waals surface area contributed by atoms with Crippen LogP contribution in [0.15, 0.2) is 24.4 Å². The first-order valence-electron chi connectivity index (χ1n) is 5.48. The molecule has 1 aromatic carbocycles. The van der Waals surface area contributed by atoms with E-state index >= 15 is 0 Å². The second-order valence-corrected chi connectivity index (χ2v) is 4.15. The lowest BCUT2D eigenvalue weighted by Crippen LogP contribution is -2.03. The van der Waals surface area contributed by atoms with E-state index in [-0.39, 0.29) is 11.7 Å². The van der Waals surface area contributed by atoms with Crippen molar-refractivity contribution in [2.75, 3.05) is 5.32 Å². The van der Waals surface area contributed by atoms with Crippen molar-refractivity contribution in [2.45, 2.75) is 6.92 Å². The maximum atomic E-state index is 13.2. The Morgan fingerprint density at radius 1 is 1.39 bits per heavy atom. The van der Waals surface area contributed by atoms with Gasteiger partial charge >= 0.3 is 0 Å². The highest BCUT2D eigenvalue weighted by molar-refractivity contribution is 6.34. The van der Waals surface area contributed by atoms with Crippen LogP contribution in [0.25, 0.3) is 11.6 Å². The summed E-state index contributed by atoms with van der Waals surface area (Å²) in [5.74, 6) is -0.0359. The summed E-state index contributed by atoms with van der Waals surface area (Å²) in [4.78, 5) is 18.9. The first kappa shape index (κ1) is 10.7. The number of carbonyl (C=O) groups excluding carboxylic acids is 1. The monoisotopic (exact) mass is 243 g/mol. The molecule has 0 spiro atoms. The van der Waals surface area contributed by atoms with Gasteiger partial charge in [-0.05, 0) is 31.2 Å². The molecule has 1 amide bonds. The van der Waals surface area contributed by atoms with Gasteiger partial charge in [-0.2, -0.15) is 0 Å². The number of rotatable bonds is 1. The summed E-state index contributed by atoms with van der Waals surface area (Å²) < 4.78 is 13.2. The van der Waals surface area contributed by atoms with Crippen LogP contribution in [0.5, 0.6) is 0 Å². The number of anilines is 1. The lowest BCUT2D eigenvalue weighted by atomic mass is 10.1. The number of aryl methyl sites for hydroxylation is 1. The third-order valence-electron chi connectivity index (χ3n) is 2.77. The molecular weight excluding hydrogens is 233 g/mol. The zero-order valence-corrected chi connectivity index (χ0v) is 9.62. The van der Waals surface area contributed by atoms with Crippen molar-refractivity contribution in [1.29, 1.82) is 0 Å². The van der Waals surface area contributed by atoms with Gasteiger partial charge in [0, 0.05) is 23.1 Å². The number of aromatic nitrogens is 2. The summed E-state index contributed by atoms with van der Waals surface area (Å²) in [7, 11) is 0. The summed E-state index contributed by atoms with van der Waals surface area (Å²) >= 11 is 0. The zero-order valence-electron chi connectivity index (χ0n) is 9.62. The predicted molar refractivity (Wildman–Crippen MR) is 66.2 cm³/mol. The molecule has 1 aliphatic rings. The minimum Gasteiger partial charge on any atom is -0.343 e. The van der Waals surface area contributed by atoms with Gasteiger partial charge < -0.3 is 10.3 Å². The van der Waals surface area contributed by atoms with Gasteiger partial charge in [0.05, 0.1) is 5.57 Å². The van der Waals surface area contributed by atoms with Gasteiger partial charge in [0.1, 0.15) is 11.6 Å². The van der Waals surface area contributed by atoms with Crippen molar-refractivity contribution < 1.29 is 9.18 Å². The number of halogens is 1. The second-order valence-electron chi connectivity index (χ2n) is 4.15. The lowest BCUT2D eigenvalue weighted by molar-refractivity contribution is -0.110. The molecule has 0 unspecified atom stereocenters. The smallest absolute Gasteiger partial charge is 0.256 e. The first-order chi connectivity index (χ1) is 8.63. The molecule has 0 radical (unpaired) electrons. The highest BCUT2D eigenvalue weighted by atomic mass is 19.1. The van der Waals surface area contributed by atoms with Crippen LogP contribution in [-0.2, 0) is 4.79 Å². The number of hydrogen-bond donors (Lipinski definition) is 2. The van der Waals surface area contributed by atoms with Gasteiger partial charge in [0.15, 0.2) is 0 Å². The molecule has 1 aliphatic heterocycles. The molecule has 90 valence electrons. The largest absolute Gasteiger partial charge is 0.343 e. The first-order valence-corrected chi connectivity index (χ1v) is 5.48. The third-order valence-corrected chi connectivity index (χ3v) is 2.77. The van der Waals surface area contributed by atoms with Crippen molar-refractivity contribution in [3.63, 3.8) is 0 Å². The van der Waals surface area contributed by atoms with Gasteiger partial charge in [-0.1, -0.05) is 0 Å². The zero-order chi connectivity index (χ0) is 12.7. The predicted octanol–water partition coefficient (Wildman–Crippen LogP) is 2.35. The van der Waals surface area contributed by atoms with Gasteiger partial charge in [-0.25, -0.2) is 9.37 Å². The van der Waals surface area contributed by atoms with Crippen LogP contribution in [0.4, 0.5) is 10.1 Å². The Bertz CT molecular complexity index is 673. The molecule has 2 heterocycles. The van der Waals surface area contributed by atoms with Gasteiger partial charge in [-0.15, -0.1) is 0 Å². The number of fused-ring (bicyclic) bond motifs is 1. The Hall–Kier alpha value is -2.43. The fraction of sp³-hybridized carbons (Fsp3) is 0.0769. The molecule has 1 aromatic heterocycles. The quantitative estimate of drug-likeness (QED) is 0.755. The highest BCUT2D eigenvalue weighted by Crippen LogP contribution is 2.33. The van der Waals surface area contributed by atoms with E-state index in [0.29, 0.717) is 22.6 Å². The van der Waals surface area contributed by atoms with Crippen molar-refractivity contribution in [1.82, 2.24) is 9.97 Å². The van der Waals surface area contributed by atoms with Crippen molar-refractivity contribution in [2.24, 2.45) is 0 Å². The molecule has 2 aromatic rings. The third kappa shape index (κ3) is 1.69. The Kier molecular flexibility index (Phi) is 2.26. The lowest BCUT2D eigenvalue weighted by Gasteiger charge is -1.97. The molecule has 0 saturated heterocycles. The molecule has 3 rings (SSSR count). The number of H-pyrrole nitrogens is 1. The molecule has 4 nitrogen and oxygen atoms in total. The molecule has 5 heteroatoms. The Balaban J connectivity index is 2.11. The van der Waals surface area contributed by atoms with E-state index in [2.05, 4.69) is 15.3 Å². The van der Waals surface area contributed by atoms with E-state index in [0.717, 1.165) is 5.69 Å². The summed E-state index contributed by atoms with van der Waals surface area (Å²) in [5.41, 5.74) is 2.50. The van der Waals surface area contributed by atoms with Crippen LogP contribution in [0.1, 0.15) is 17.1 Å². The van der Waals surface area contributed by atoms with E-state index in [1.165, 1.54) is 12.1 Å². The molecule has 0 atom stereocenters. The summed E-state index contributed by atoms with van der Waals surface area (Å²) in [6.45, 7) is 1.87. The van der Waals surface area contributed by atoms with Crippen LogP contribution >= 0.6 is 0 Å². The topological polar surface area (TPSA) is 57.8 Å². The second kappa shape index (κ2) is 3.80. The van der Waals surface area contributed by atoms with Crippen LogP contribution < -0.4 is 5.32 Å². The van der Waals surface area contributed by atoms with Crippen LogP contribution in [0.3, 0.4) is 0 Å². The van der Waals surface area contributed by atoms with Crippen molar-refractivity contribution in [3.8, 4) is 0 Å². The molecule has 0 fully saturated rings. The summed E-state index contributed by atoms with van der Waals surface area (Å²) in [6.07, 6.45) is 3.29. The van der Waals surface area contributed by atoms with E-state index in [1.807, 2.05) is 6.92 Å². The SMILES string of the molecule is Cc1cnc(C=C2C(=O)Nc3ccc(F)cc32)[nH]1. The molecular formula is C13H10FN3O. The molecule has 0 aliphatic carbocycles. The number of nitrogens with zero attached hydrogens (tertiary/aromatic N) is 1. The normalized spacial score (nSPS) is 15.9. The Labute approximate surface area is 103 Å². The van der Waals surface area contributed by atoms with E-state index in [1.54, 1.807) is 18.3 Å². The van der Waals surface area contributed by atoms with Crippen LogP contribution in [0, 0.1) is 12.7 Å². The van der Waals surface area contributed by atoms with Crippen molar-refractivity contribution in [3.05, 3.63) is 47.3 Å². The van der Waals surface area contributed by atoms with Crippen LogP contribution in [-0.4, -0.2) is 15.9 Å². The van der Waals surface area contributed by atoms with E-state index in [9.17, 15) is 9.18 Å². The Morgan fingerprint density at radius 3 is 2.94 bits per heavy atom. The number of nitrogens with one attached hydrogen (secondary N) is 2. The molecule has 18 heavy (non-hydrogen) atoms. The highest BCUT2D eigenvalue weighted by Gasteiger charge is 2.24. The number of imidazole rings is 1. The number of hydrogen-bond acceptors (Lipinski definition) is 2. The van der Waals surface area contributed by atoms with Crippen molar-refractivity contribution >= 4 is 23.2 Å². The minimum absolute atomic E-state index is 0.246. The standard InChI is InChI=1S/C13H10FN3O/c1-7-6-15-12(16-7)5-10-9-4-8(14)2-3-11(9)17-13(10)18/h2-6H,1H3,(H,15,16)(H,17,18). The number of carbonyl (C=O) groups is 1. The Morgan fingerprint density at radius 2 is 2.22 bits per heavy atom.